The van der Waals surface area contributed by atoms with Crippen LogP contribution in [0.1, 0.15) is 21.6 Å². The van der Waals surface area contributed by atoms with E-state index in [1.807, 2.05) is 6.07 Å². The van der Waals surface area contributed by atoms with Crippen molar-refractivity contribution in [1.29, 1.82) is 0 Å². The lowest BCUT2D eigenvalue weighted by molar-refractivity contribution is 0.0785. The molecule has 2 rings (SSSR count). The third-order valence-corrected chi connectivity index (χ3v) is 3.76. The molecule has 0 saturated heterocycles. The Labute approximate surface area is 133 Å². The van der Waals surface area contributed by atoms with Crippen LogP contribution in [-0.2, 0) is 13.1 Å². The minimum absolute atomic E-state index is 0.0989. The van der Waals surface area contributed by atoms with Crippen molar-refractivity contribution < 1.29 is 4.79 Å². The quantitative estimate of drug-likeness (QED) is 0.940. The second kappa shape index (κ2) is 6.89. The maximum absolute atomic E-state index is 12.4. The SMILES string of the molecule is CN(Cc1ccc(Cl)c(Cl)c1)C(=O)c1ccnc(CN)c1. The molecule has 4 nitrogen and oxygen atoms in total. The molecule has 1 aromatic carbocycles. The number of nitrogens with two attached hydrogens (primary N) is 1. The van der Waals surface area contributed by atoms with Crippen LogP contribution in [0.4, 0.5) is 0 Å². The standard InChI is InChI=1S/C15H15Cl2N3O/c1-20(9-10-2-3-13(16)14(17)6-10)15(21)11-4-5-19-12(7-11)8-18/h2-7H,8-9,18H2,1H3. The summed E-state index contributed by atoms with van der Waals surface area (Å²) in [6.45, 7) is 0.744. The van der Waals surface area contributed by atoms with Gasteiger partial charge in [-0.1, -0.05) is 29.3 Å². The molecule has 0 unspecified atom stereocenters. The highest BCUT2D eigenvalue weighted by molar-refractivity contribution is 6.42. The summed E-state index contributed by atoms with van der Waals surface area (Å²) in [5.74, 6) is -0.0989. The summed E-state index contributed by atoms with van der Waals surface area (Å²) in [5, 5.41) is 0.973. The third kappa shape index (κ3) is 3.94. The van der Waals surface area contributed by atoms with Crippen LogP contribution < -0.4 is 5.73 Å². The van der Waals surface area contributed by atoms with Gasteiger partial charge < -0.3 is 10.6 Å². The number of halogens is 2. The molecule has 2 aromatic rings. The lowest BCUT2D eigenvalue weighted by Crippen LogP contribution is -2.26. The fourth-order valence-corrected chi connectivity index (χ4v) is 2.25. The van der Waals surface area contributed by atoms with Crippen molar-refractivity contribution in [3.63, 3.8) is 0 Å². The maximum atomic E-state index is 12.4. The Morgan fingerprint density at radius 1 is 1.24 bits per heavy atom. The van der Waals surface area contributed by atoms with Crippen LogP contribution in [0.15, 0.2) is 36.5 Å². The van der Waals surface area contributed by atoms with E-state index in [2.05, 4.69) is 4.98 Å². The summed E-state index contributed by atoms with van der Waals surface area (Å²) < 4.78 is 0. The normalized spacial score (nSPS) is 10.5. The van der Waals surface area contributed by atoms with Gasteiger partial charge in [0.05, 0.1) is 15.7 Å². The molecule has 6 heteroatoms. The molecular formula is C15H15Cl2N3O. The van der Waals surface area contributed by atoms with Gasteiger partial charge in [-0.05, 0) is 29.8 Å². The zero-order chi connectivity index (χ0) is 15.4. The van der Waals surface area contributed by atoms with E-state index in [9.17, 15) is 4.79 Å². The summed E-state index contributed by atoms with van der Waals surface area (Å²) in [6, 6.07) is 8.69. The number of carbonyl (C=O) groups excluding carboxylic acids is 1. The highest BCUT2D eigenvalue weighted by Crippen LogP contribution is 2.23. The summed E-state index contributed by atoms with van der Waals surface area (Å²) in [5.41, 5.74) is 7.69. The van der Waals surface area contributed by atoms with Crippen LogP contribution in [0, 0.1) is 0 Å². The number of pyridine rings is 1. The van der Waals surface area contributed by atoms with Gasteiger partial charge in [0.25, 0.3) is 5.91 Å². The molecule has 0 aliphatic rings. The highest BCUT2D eigenvalue weighted by Gasteiger charge is 2.13. The second-order valence-electron chi connectivity index (χ2n) is 4.65. The molecule has 1 amide bonds. The van der Waals surface area contributed by atoms with Gasteiger partial charge in [-0.25, -0.2) is 0 Å². The zero-order valence-electron chi connectivity index (χ0n) is 11.5. The van der Waals surface area contributed by atoms with Crippen molar-refractivity contribution >= 4 is 29.1 Å². The molecule has 0 fully saturated rings. The number of nitrogens with zero attached hydrogens (tertiary/aromatic N) is 2. The Bertz CT molecular complexity index is 661. The smallest absolute Gasteiger partial charge is 0.254 e. The predicted octanol–water partition coefficient (Wildman–Crippen LogP) is 3.12. The Morgan fingerprint density at radius 3 is 2.67 bits per heavy atom. The van der Waals surface area contributed by atoms with Gasteiger partial charge in [-0.3, -0.25) is 9.78 Å². The molecule has 0 aliphatic heterocycles. The molecule has 21 heavy (non-hydrogen) atoms. The lowest BCUT2D eigenvalue weighted by Gasteiger charge is -2.18. The number of rotatable bonds is 4. The lowest BCUT2D eigenvalue weighted by atomic mass is 10.1. The number of hydrogen-bond acceptors (Lipinski definition) is 3. The first-order valence-corrected chi connectivity index (χ1v) is 7.11. The van der Waals surface area contributed by atoms with Gasteiger partial charge in [0, 0.05) is 31.9 Å². The molecule has 1 aromatic heterocycles. The Hall–Kier alpha value is -1.62. The number of hydrogen-bond donors (Lipinski definition) is 1. The van der Waals surface area contributed by atoms with Crippen LogP contribution in [0.2, 0.25) is 10.0 Å². The molecule has 0 saturated carbocycles. The summed E-state index contributed by atoms with van der Waals surface area (Å²) in [7, 11) is 1.73. The molecule has 0 bridgehead atoms. The highest BCUT2D eigenvalue weighted by atomic mass is 35.5. The molecule has 0 aliphatic carbocycles. The van der Waals surface area contributed by atoms with E-state index in [0.29, 0.717) is 34.4 Å². The van der Waals surface area contributed by atoms with Crippen LogP contribution in [0.5, 0.6) is 0 Å². The van der Waals surface area contributed by atoms with Gasteiger partial charge in [0.2, 0.25) is 0 Å². The van der Waals surface area contributed by atoms with Gasteiger partial charge >= 0.3 is 0 Å². The van der Waals surface area contributed by atoms with E-state index in [1.54, 1.807) is 42.4 Å². The van der Waals surface area contributed by atoms with Crippen LogP contribution >= 0.6 is 23.2 Å². The van der Waals surface area contributed by atoms with E-state index >= 15 is 0 Å². The van der Waals surface area contributed by atoms with Crippen molar-refractivity contribution in [2.75, 3.05) is 7.05 Å². The number of amides is 1. The average molecular weight is 324 g/mol. The summed E-state index contributed by atoms with van der Waals surface area (Å²) in [6.07, 6.45) is 1.59. The van der Waals surface area contributed by atoms with Crippen molar-refractivity contribution in [2.45, 2.75) is 13.1 Å². The van der Waals surface area contributed by atoms with Crippen LogP contribution in [-0.4, -0.2) is 22.8 Å². The van der Waals surface area contributed by atoms with Gasteiger partial charge in [-0.2, -0.15) is 0 Å². The zero-order valence-corrected chi connectivity index (χ0v) is 13.0. The van der Waals surface area contributed by atoms with Crippen molar-refractivity contribution in [3.8, 4) is 0 Å². The van der Waals surface area contributed by atoms with E-state index < -0.39 is 0 Å². The summed E-state index contributed by atoms with van der Waals surface area (Å²) in [4.78, 5) is 18.1. The average Bonchev–Trinajstić information content (AvgIpc) is 2.50. The number of aromatic nitrogens is 1. The first-order valence-electron chi connectivity index (χ1n) is 6.35. The molecular weight excluding hydrogens is 309 g/mol. The van der Waals surface area contributed by atoms with Crippen LogP contribution in [0.25, 0.3) is 0 Å². The number of benzene rings is 1. The van der Waals surface area contributed by atoms with E-state index in [-0.39, 0.29) is 5.91 Å². The van der Waals surface area contributed by atoms with Crippen molar-refractivity contribution in [1.82, 2.24) is 9.88 Å². The second-order valence-corrected chi connectivity index (χ2v) is 5.46. The minimum atomic E-state index is -0.0989. The molecule has 0 radical (unpaired) electrons. The summed E-state index contributed by atoms with van der Waals surface area (Å²) >= 11 is 11.9. The topological polar surface area (TPSA) is 59.2 Å². The first-order chi connectivity index (χ1) is 10.0. The molecule has 110 valence electrons. The molecule has 2 N–H and O–H groups in total. The first kappa shape index (κ1) is 15.8. The molecule has 0 atom stereocenters. The fourth-order valence-electron chi connectivity index (χ4n) is 1.93. The van der Waals surface area contributed by atoms with Gasteiger partial charge in [0.1, 0.15) is 0 Å². The van der Waals surface area contributed by atoms with Gasteiger partial charge in [0.15, 0.2) is 0 Å². The minimum Gasteiger partial charge on any atom is -0.337 e. The fraction of sp³-hybridized carbons (Fsp3) is 0.200. The van der Waals surface area contributed by atoms with E-state index in [1.165, 1.54) is 0 Å². The predicted molar refractivity (Wildman–Crippen MR) is 84.4 cm³/mol. The monoisotopic (exact) mass is 323 g/mol. The maximum Gasteiger partial charge on any atom is 0.254 e. The van der Waals surface area contributed by atoms with E-state index in [4.69, 9.17) is 28.9 Å². The number of carbonyl (C=O) groups is 1. The molecule has 1 heterocycles. The Kier molecular flexibility index (Phi) is 5.17. The Morgan fingerprint density at radius 2 is 2.00 bits per heavy atom. The van der Waals surface area contributed by atoms with Crippen molar-refractivity contribution in [2.24, 2.45) is 5.73 Å². The third-order valence-electron chi connectivity index (χ3n) is 3.02. The van der Waals surface area contributed by atoms with Gasteiger partial charge in [-0.15, -0.1) is 0 Å². The van der Waals surface area contributed by atoms with Crippen molar-refractivity contribution in [3.05, 3.63) is 63.4 Å². The Balaban J connectivity index is 2.13. The largest absolute Gasteiger partial charge is 0.337 e. The van der Waals surface area contributed by atoms with Crippen LogP contribution in [0.3, 0.4) is 0 Å². The molecule has 0 spiro atoms. The van der Waals surface area contributed by atoms with E-state index in [0.717, 1.165) is 5.56 Å².